The van der Waals surface area contributed by atoms with Gasteiger partial charge in [-0.1, -0.05) is 0 Å². The first kappa shape index (κ1) is 13.8. The summed E-state index contributed by atoms with van der Waals surface area (Å²) >= 11 is 0. The van der Waals surface area contributed by atoms with E-state index in [2.05, 4.69) is 10.3 Å². The lowest BCUT2D eigenvalue weighted by Crippen LogP contribution is -2.26. The van der Waals surface area contributed by atoms with Crippen LogP contribution in [0.5, 0.6) is 0 Å². The molecule has 1 aliphatic rings. The topological polar surface area (TPSA) is 99.7 Å². The molecule has 1 unspecified atom stereocenters. The predicted octanol–water partition coefficient (Wildman–Crippen LogP) is 2.30. The standard InChI is InChI=1S/C13H15N3O5/c1-13(2)19-7-9(21-13)6-14-12-15-10-5-8(16(17)18)3-4-11(10)20-12/h3-5,9H,6-7H2,1-2H3,(H,14,15). The fraction of sp³-hybridized carbons (Fsp3) is 0.462. The molecule has 112 valence electrons. The molecule has 2 aromatic rings. The number of non-ortho nitro benzene ring substituents is 1. The van der Waals surface area contributed by atoms with E-state index in [1.54, 1.807) is 0 Å². The van der Waals surface area contributed by atoms with Crippen LogP contribution in [0, 0.1) is 10.1 Å². The number of hydrogen-bond donors (Lipinski definition) is 1. The molecular formula is C13H15N3O5. The number of nitro benzene ring substituents is 1. The molecule has 1 aliphatic heterocycles. The Labute approximate surface area is 120 Å². The Morgan fingerprint density at radius 2 is 2.33 bits per heavy atom. The summed E-state index contributed by atoms with van der Waals surface area (Å²) in [5.41, 5.74) is 0.916. The van der Waals surface area contributed by atoms with Gasteiger partial charge in [0.15, 0.2) is 11.4 Å². The van der Waals surface area contributed by atoms with Crippen LogP contribution in [0.25, 0.3) is 11.1 Å². The number of nitrogens with zero attached hydrogens (tertiary/aromatic N) is 2. The van der Waals surface area contributed by atoms with E-state index in [4.69, 9.17) is 13.9 Å². The maximum absolute atomic E-state index is 10.7. The molecule has 2 heterocycles. The zero-order valence-corrected chi connectivity index (χ0v) is 11.7. The van der Waals surface area contributed by atoms with E-state index in [1.807, 2.05) is 13.8 Å². The van der Waals surface area contributed by atoms with Crippen molar-refractivity contribution in [1.29, 1.82) is 0 Å². The van der Waals surface area contributed by atoms with Crippen LogP contribution >= 0.6 is 0 Å². The molecule has 1 fully saturated rings. The van der Waals surface area contributed by atoms with Crippen molar-refractivity contribution in [1.82, 2.24) is 4.98 Å². The van der Waals surface area contributed by atoms with Crippen LogP contribution in [0.1, 0.15) is 13.8 Å². The van der Waals surface area contributed by atoms with Gasteiger partial charge in [-0.25, -0.2) is 0 Å². The zero-order valence-electron chi connectivity index (χ0n) is 11.7. The van der Waals surface area contributed by atoms with Gasteiger partial charge in [0.2, 0.25) is 0 Å². The van der Waals surface area contributed by atoms with E-state index in [-0.39, 0.29) is 11.8 Å². The number of nitrogens with one attached hydrogen (secondary N) is 1. The second-order valence-electron chi connectivity index (χ2n) is 5.26. The number of hydrogen-bond acceptors (Lipinski definition) is 7. The first-order valence-electron chi connectivity index (χ1n) is 6.53. The minimum atomic E-state index is -0.575. The number of anilines is 1. The Morgan fingerprint density at radius 1 is 1.52 bits per heavy atom. The van der Waals surface area contributed by atoms with Crippen molar-refractivity contribution >= 4 is 22.8 Å². The largest absolute Gasteiger partial charge is 0.424 e. The molecule has 0 radical (unpaired) electrons. The number of ether oxygens (including phenoxy) is 2. The molecule has 0 spiro atoms. The predicted molar refractivity (Wildman–Crippen MR) is 74.1 cm³/mol. The highest BCUT2D eigenvalue weighted by atomic mass is 16.7. The van der Waals surface area contributed by atoms with Crippen LogP contribution < -0.4 is 5.32 Å². The number of nitro groups is 1. The average Bonchev–Trinajstić information content (AvgIpc) is 2.97. The quantitative estimate of drug-likeness (QED) is 0.681. The van der Waals surface area contributed by atoms with Crippen molar-refractivity contribution in [3.63, 3.8) is 0 Å². The van der Waals surface area contributed by atoms with Gasteiger partial charge in [0.05, 0.1) is 11.5 Å². The van der Waals surface area contributed by atoms with Crippen molar-refractivity contribution in [2.75, 3.05) is 18.5 Å². The number of rotatable bonds is 4. The summed E-state index contributed by atoms with van der Waals surface area (Å²) in [7, 11) is 0. The van der Waals surface area contributed by atoms with E-state index in [9.17, 15) is 10.1 Å². The number of fused-ring (bicyclic) bond motifs is 1. The maximum atomic E-state index is 10.7. The monoisotopic (exact) mass is 293 g/mol. The van der Waals surface area contributed by atoms with Crippen molar-refractivity contribution in [2.45, 2.75) is 25.7 Å². The van der Waals surface area contributed by atoms with Crippen LogP contribution in [-0.4, -0.2) is 35.0 Å². The smallest absolute Gasteiger partial charge is 0.295 e. The highest BCUT2D eigenvalue weighted by molar-refractivity contribution is 5.77. The molecule has 1 N–H and O–H groups in total. The molecule has 8 nitrogen and oxygen atoms in total. The lowest BCUT2D eigenvalue weighted by atomic mass is 10.3. The maximum Gasteiger partial charge on any atom is 0.295 e. The molecule has 0 aliphatic carbocycles. The van der Waals surface area contributed by atoms with Gasteiger partial charge in [0.25, 0.3) is 11.7 Å². The third-order valence-corrected chi connectivity index (χ3v) is 3.13. The van der Waals surface area contributed by atoms with Crippen LogP contribution in [0.2, 0.25) is 0 Å². The first-order chi connectivity index (χ1) is 9.93. The van der Waals surface area contributed by atoms with E-state index < -0.39 is 10.7 Å². The lowest BCUT2D eigenvalue weighted by molar-refractivity contribution is -0.384. The van der Waals surface area contributed by atoms with Gasteiger partial charge >= 0.3 is 0 Å². The minimum Gasteiger partial charge on any atom is -0.424 e. The molecule has 1 aromatic carbocycles. The zero-order chi connectivity index (χ0) is 15.0. The van der Waals surface area contributed by atoms with Crippen molar-refractivity contribution in [3.8, 4) is 0 Å². The van der Waals surface area contributed by atoms with Gasteiger partial charge in [-0.2, -0.15) is 4.98 Å². The Morgan fingerprint density at radius 3 is 3.00 bits per heavy atom. The number of benzene rings is 1. The second kappa shape index (κ2) is 4.97. The molecule has 3 rings (SSSR count). The lowest BCUT2D eigenvalue weighted by Gasteiger charge is -2.16. The van der Waals surface area contributed by atoms with Gasteiger partial charge in [-0.05, 0) is 19.9 Å². The summed E-state index contributed by atoms with van der Waals surface area (Å²) < 4.78 is 16.6. The third-order valence-electron chi connectivity index (χ3n) is 3.13. The molecule has 1 saturated heterocycles. The van der Waals surface area contributed by atoms with E-state index in [0.717, 1.165) is 0 Å². The number of aromatic nitrogens is 1. The Hall–Kier alpha value is -2.19. The van der Waals surface area contributed by atoms with Crippen LogP contribution in [-0.2, 0) is 9.47 Å². The first-order valence-corrected chi connectivity index (χ1v) is 6.53. The molecule has 1 atom stereocenters. The molecule has 0 amide bonds. The van der Waals surface area contributed by atoms with E-state index >= 15 is 0 Å². The van der Waals surface area contributed by atoms with E-state index in [0.29, 0.717) is 30.3 Å². The summed E-state index contributed by atoms with van der Waals surface area (Å²) in [6.07, 6.45) is -0.0932. The Balaban J connectivity index is 1.69. The normalized spacial score (nSPS) is 20.8. The summed E-state index contributed by atoms with van der Waals surface area (Å²) in [6, 6.07) is 4.60. The van der Waals surface area contributed by atoms with Gasteiger partial charge < -0.3 is 19.2 Å². The number of oxazole rings is 1. The van der Waals surface area contributed by atoms with Gasteiger partial charge in [0.1, 0.15) is 11.6 Å². The third kappa shape index (κ3) is 2.96. The summed E-state index contributed by atoms with van der Waals surface area (Å²) in [5.74, 6) is -0.575. The summed E-state index contributed by atoms with van der Waals surface area (Å²) in [4.78, 5) is 14.4. The molecule has 0 saturated carbocycles. The summed E-state index contributed by atoms with van der Waals surface area (Å²) in [5, 5.41) is 13.7. The van der Waals surface area contributed by atoms with Crippen LogP contribution in [0.3, 0.4) is 0 Å². The van der Waals surface area contributed by atoms with Gasteiger partial charge in [0, 0.05) is 18.7 Å². The highest BCUT2D eigenvalue weighted by Gasteiger charge is 2.32. The minimum absolute atomic E-state index is 0.0170. The van der Waals surface area contributed by atoms with Crippen LogP contribution in [0.4, 0.5) is 11.7 Å². The van der Waals surface area contributed by atoms with E-state index in [1.165, 1.54) is 18.2 Å². The SMILES string of the molecule is CC1(C)OCC(CNc2nc3cc([N+](=O)[O-])ccc3o2)O1. The fourth-order valence-electron chi connectivity index (χ4n) is 2.17. The summed E-state index contributed by atoms with van der Waals surface area (Å²) in [6.45, 7) is 4.68. The average molecular weight is 293 g/mol. The van der Waals surface area contributed by atoms with Crippen LogP contribution in [0.15, 0.2) is 22.6 Å². The van der Waals surface area contributed by atoms with Crippen molar-refractivity contribution < 1.29 is 18.8 Å². The molecule has 0 bridgehead atoms. The molecule has 21 heavy (non-hydrogen) atoms. The second-order valence-corrected chi connectivity index (χ2v) is 5.26. The Bertz CT molecular complexity index is 681. The fourth-order valence-corrected chi connectivity index (χ4v) is 2.17. The molecule has 1 aromatic heterocycles. The molecular weight excluding hydrogens is 278 g/mol. The van der Waals surface area contributed by atoms with Gasteiger partial charge in [-0.3, -0.25) is 10.1 Å². The Kier molecular flexibility index (Phi) is 3.26. The van der Waals surface area contributed by atoms with Gasteiger partial charge in [-0.15, -0.1) is 0 Å². The van der Waals surface area contributed by atoms with Crippen molar-refractivity contribution in [2.24, 2.45) is 0 Å². The molecule has 8 heteroatoms. The van der Waals surface area contributed by atoms with Crippen molar-refractivity contribution in [3.05, 3.63) is 28.3 Å². The highest BCUT2D eigenvalue weighted by Crippen LogP contribution is 2.25.